The number of benzene rings is 1. The van der Waals surface area contributed by atoms with Gasteiger partial charge in [0.15, 0.2) is 0 Å². The maximum atomic E-state index is 12.4. The highest BCUT2D eigenvalue weighted by molar-refractivity contribution is 6.01. The van der Waals surface area contributed by atoms with E-state index in [1.807, 2.05) is 30.3 Å². The number of nitrogens with zero attached hydrogens (tertiary/aromatic N) is 2. The molecule has 0 fully saturated rings. The van der Waals surface area contributed by atoms with E-state index in [9.17, 15) is 14.4 Å². The van der Waals surface area contributed by atoms with Gasteiger partial charge in [0.25, 0.3) is 5.56 Å². The molecular weight excluding hydrogens is 294 g/mol. The van der Waals surface area contributed by atoms with Gasteiger partial charge in [-0.3, -0.25) is 14.2 Å². The number of aromatic nitrogens is 2. The number of fused-ring (bicyclic) bond motifs is 1. The van der Waals surface area contributed by atoms with Crippen LogP contribution in [0.5, 0.6) is 0 Å². The standard InChI is InChI=1S/C17H15N3O3/c21-11-13-7-8-15-18-10-14(17(23)20(13)15)19-16(22)9-6-12-4-2-1-3-5-12/h1-6,9-11,13H,7-8H2,(H,19,22)/b9-6+/t13-/m0/s1. The highest BCUT2D eigenvalue weighted by Gasteiger charge is 2.25. The molecule has 0 saturated carbocycles. The molecule has 1 aromatic heterocycles. The Hall–Kier alpha value is -3.02. The summed E-state index contributed by atoms with van der Waals surface area (Å²) in [6.45, 7) is 0. The normalized spacial score (nSPS) is 16.3. The summed E-state index contributed by atoms with van der Waals surface area (Å²) in [7, 11) is 0. The molecule has 1 aliphatic heterocycles. The van der Waals surface area contributed by atoms with E-state index in [1.165, 1.54) is 16.8 Å². The molecule has 6 nitrogen and oxygen atoms in total. The first-order valence-corrected chi connectivity index (χ1v) is 7.29. The number of rotatable bonds is 4. The van der Waals surface area contributed by atoms with Crippen LogP contribution in [-0.4, -0.2) is 21.7 Å². The molecule has 0 saturated heterocycles. The second-order valence-electron chi connectivity index (χ2n) is 5.24. The van der Waals surface area contributed by atoms with Crippen molar-refractivity contribution in [3.05, 3.63) is 64.3 Å². The fourth-order valence-corrected chi connectivity index (χ4v) is 2.56. The number of carbonyl (C=O) groups is 2. The van der Waals surface area contributed by atoms with Crippen molar-refractivity contribution in [2.75, 3.05) is 5.32 Å². The zero-order valence-electron chi connectivity index (χ0n) is 12.3. The summed E-state index contributed by atoms with van der Waals surface area (Å²) in [6, 6.07) is 8.86. The number of nitrogens with one attached hydrogen (secondary N) is 1. The van der Waals surface area contributed by atoms with Gasteiger partial charge >= 0.3 is 0 Å². The Bertz CT molecular complexity index is 825. The number of carbonyl (C=O) groups excluding carboxylic acids is 2. The highest BCUT2D eigenvalue weighted by Crippen LogP contribution is 2.20. The van der Waals surface area contributed by atoms with Gasteiger partial charge in [-0.15, -0.1) is 0 Å². The Labute approximate surface area is 132 Å². The number of aldehydes is 1. The second kappa shape index (κ2) is 6.39. The predicted molar refractivity (Wildman–Crippen MR) is 86.0 cm³/mol. The van der Waals surface area contributed by atoms with Crippen LogP contribution in [-0.2, 0) is 16.0 Å². The smallest absolute Gasteiger partial charge is 0.277 e. The molecule has 1 N–H and O–H groups in total. The van der Waals surface area contributed by atoms with Crippen LogP contribution < -0.4 is 10.9 Å². The van der Waals surface area contributed by atoms with Crippen LogP contribution in [0, 0.1) is 0 Å². The van der Waals surface area contributed by atoms with E-state index in [2.05, 4.69) is 10.3 Å². The minimum absolute atomic E-state index is 0.0743. The fraction of sp³-hybridized carbons (Fsp3) is 0.176. The number of hydrogen-bond donors (Lipinski definition) is 1. The van der Waals surface area contributed by atoms with Crippen LogP contribution in [0.15, 0.2) is 47.4 Å². The predicted octanol–water partition coefficient (Wildman–Crippen LogP) is 1.58. The van der Waals surface area contributed by atoms with Crippen molar-refractivity contribution in [2.45, 2.75) is 18.9 Å². The Balaban J connectivity index is 1.79. The van der Waals surface area contributed by atoms with Crippen LogP contribution in [0.4, 0.5) is 5.69 Å². The summed E-state index contributed by atoms with van der Waals surface area (Å²) in [5, 5.41) is 2.52. The van der Waals surface area contributed by atoms with Crippen LogP contribution >= 0.6 is 0 Å². The van der Waals surface area contributed by atoms with Crippen molar-refractivity contribution in [3.63, 3.8) is 0 Å². The first-order chi connectivity index (χ1) is 11.2. The van der Waals surface area contributed by atoms with E-state index >= 15 is 0 Å². The molecule has 1 aromatic carbocycles. The lowest BCUT2D eigenvalue weighted by Crippen LogP contribution is -2.28. The lowest BCUT2D eigenvalue weighted by molar-refractivity contribution is -0.112. The zero-order chi connectivity index (χ0) is 16.2. The molecule has 23 heavy (non-hydrogen) atoms. The number of aryl methyl sites for hydroxylation is 1. The topological polar surface area (TPSA) is 81.1 Å². The van der Waals surface area contributed by atoms with Crippen molar-refractivity contribution in [1.29, 1.82) is 0 Å². The molecular formula is C17H15N3O3. The van der Waals surface area contributed by atoms with Crippen molar-refractivity contribution in [3.8, 4) is 0 Å². The molecule has 1 aliphatic rings. The molecule has 0 aliphatic carbocycles. The summed E-state index contributed by atoms with van der Waals surface area (Å²) in [5.74, 6) is 0.152. The average molecular weight is 309 g/mol. The largest absolute Gasteiger partial charge is 0.317 e. The summed E-state index contributed by atoms with van der Waals surface area (Å²) in [4.78, 5) is 39.5. The number of anilines is 1. The average Bonchev–Trinajstić information content (AvgIpc) is 3.00. The molecule has 0 bridgehead atoms. The lowest BCUT2D eigenvalue weighted by atomic mass is 10.2. The van der Waals surface area contributed by atoms with Gasteiger partial charge in [-0.2, -0.15) is 0 Å². The van der Waals surface area contributed by atoms with Gasteiger partial charge in [-0.25, -0.2) is 4.98 Å². The van der Waals surface area contributed by atoms with Crippen LogP contribution in [0.3, 0.4) is 0 Å². The maximum absolute atomic E-state index is 12.4. The van der Waals surface area contributed by atoms with Crippen molar-refractivity contribution >= 4 is 24.0 Å². The minimum Gasteiger partial charge on any atom is -0.317 e. The SMILES string of the molecule is O=C[C@@H]1CCc2ncc(NC(=O)/C=C/c3ccccc3)c(=O)n21. The molecule has 116 valence electrons. The Morgan fingerprint density at radius 3 is 2.83 bits per heavy atom. The van der Waals surface area contributed by atoms with Crippen LogP contribution in [0.25, 0.3) is 6.08 Å². The fourth-order valence-electron chi connectivity index (χ4n) is 2.56. The van der Waals surface area contributed by atoms with E-state index in [0.717, 1.165) is 11.8 Å². The first kappa shape index (κ1) is 14.9. The monoisotopic (exact) mass is 309 g/mol. The van der Waals surface area contributed by atoms with Crippen molar-refractivity contribution < 1.29 is 9.59 Å². The van der Waals surface area contributed by atoms with E-state index < -0.39 is 17.5 Å². The van der Waals surface area contributed by atoms with Gasteiger partial charge in [0.1, 0.15) is 17.8 Å². The Morgan fingerprint density at radius 2 is 2.09 bits per heavy atom. The number of hydrogen-bond acceptors (Lipinski definition) is 4. The van der Waals surface area contributed by atoms with E-state index in [0.29, 0.717) is 18.7 Å². The molecule has 0 unspecified atom stereocenters. The molecule has 6 heteroatoms. The molecule has 1 atom stereocenters. The van der Waals surface area contributed by atoms with Gasteiger partial charge in [-0.1, -0.05) is 30.3 Å². The van der Waals surface area contributed by atoms with Gasteiger partial charge < -0.3 is 10.1 Å². The van der Waals surface area contributed by atoms with Crippen molar-refractivity contribution in [1.82, 2.24) is 9.55 Å². The summed E-state index contributed by atoms with van der Waals surface area (Å²) >= 11 is 0. The molecule has 2 heterocycles. The van der Waals surface area contributed by atoms with E-state index in [-0.39, 0.29) is 5.69 Å². The highest BCUT2D eigenvalue weighted by atomic mass is 16.2. The third-order valence-electron chi connectivity index (χ3n) is 3.71. The minimum atomic E-state index is -0.498. The Morgan fingerprint density at radius 1 is 1.30 bits per heavy atom. The molecule has 0 spiro atoms. The third-order valence-corrected chi connectivity index (χ3v) is 3.71. The van der Waals surface area contributed by atoms with Gasteiger partial charge in [0, 0.05) is 12.5 Å². The Kier molecular flexibility index (Phi) is 4.14. The second-order valence-corrected chi connectivity index (χ2v) is 5.24. The molecule has 1 amide bonds. The van der Waals surface area contributed by atoms with Crippen molar-refractivity contribution in [2.24, 2.45) is 0 Å². The molecule has 3 rings (SSSR count). The van der Waals surface area contributed by atoms with E-state index in [4.69, 9.17) is 0 Å². The van der Waals surface area contributed by atoms with E-state index in [1.54, 1.807) is 6.08 Å². The third kappa shape index (κ3) is 3.11. The summed E-state index contributed by atoms with van der Waals surface area (Å²) < 4.78 is 1.35. The summed E-state index contributed by atoms with van der Waals surface area (Å²) in [5.41, 5.74) is 0.559. The summed E-state index contributed by atoms with van der Waals surface area (Å²) in [6.07, 6.45) is 6.24. The zero-order valence-corrected chi connectivity index (χ0v) is 12.3. The lowest BCUT2D eigenvalue weighted by Gasteiger charge is -2.09. The molecule has 2 aromatic rings. The van der Waals surface area contributed by atoms with Crippen LogP contribution in [0.1, 0.15) is 23.9 Å². The van der Waals surface area contributed by atoms with Gasteiger partial charge in [-0.05, 0) is 18.1 Å². The number of amides is 1. The molecule has 0 radical (unpaired) electrons. The van der Waals surface area contributed by atoms with Crippen LogP contribution in [0.2, 0.25) is 0 Å². The quantitative estimate of drug-likeness (QED) is 0.687. The first-order valence-electron chi connectivity index (χ1n) is 7.29. The van der Waals surface area contributed by atoms with Gasteiger partial charge in [0.2, 0.25) is 5.91 Å². The maximum Gasteiger partial charge on any atom is 0.277 e. The van der Waals surface area contributed by atoms with Gasteiger partial charge in [0.05, 0.1) is 12.2 Å².